The Kier molecular flexibility index (Phi) is 4.74. The minimum Gasteiger partial charge on any atom is -0.347 e. The average Bonchev–Trinajstić information content (AvgIpc) is 3.39. The van der Waals surface area contributed by atoms with Gasteiger partial charge in [0.05, 0.1) is 6.04 Å². The summed E-state index contributed by atoms with van der Waals surface area (Å²) in [5.74, 6) is 0.645. The van der Waals surface area contributed by atoms with Gasteiger partial charge in [0, 0.05) is 25.4 Å². The number of nitrogens with zero attached hydrogens (tertiary/aromatic N) is 1. The molecule has 2 amide bonds. The molecule has 3 unspecified atom stereocenters. The van der Waals surface area contributed by atoms with Gasteiger partial charge < -0.3 is 10.2 Å². The van der Waals surface area contributed by atoms with Crippen LogP contribution in [0.5, 0.6) is 0 Å². The fraction of sp³-hybridized carbons (Fsp3) is 0.364. The molecule has 1 aliphatic carbocycles. The van der Waals surface area contributed by atoms with E-state index in [9.17, 15) is 9.59 Å². The summed E-state index contributed by atoms with van der Waals surface area (Å²) in [6.45, 7) is 1.34. The Morgan fingerprint density at radius 1 is 1.08 bits per heavy atom. The van der Waals surface area contributed by atoms with E-state index in [-0.39, 0.29) is 23.8 Å². The van der Waals surface area contributed by atoms with Gasteiger partial charge in [-0.25, -0.2) is 0 Å². The first kappa shape index (κ1) is 16.8. The van der Waals surface area contributed by atoms with Crippen LogP contribution in [-0.4, -0.2) is 29.8 Å². The highest BCUT2D eigenvalue weighted by Crippen LogP contribution is 2.47. The maximum Gasteiger partial charge on any atom is 0.224 e. The molecule has 26 heavy (non-hydrogen) atoms. The van der Waals surface area contributed by atoms with Crippen molar-refractivity contribution in [2.24, 2.45) is 5.92 Å². The van der Waals surface area contributed by atoms with Crippen LogP contribution in [0, 0.1) is 5.92 Å². The summed E-state index contributed by atoms with van der Waals surface area (Å²) in [4.78, 5) is 26.7. The number of hydrogen-bond acceptors (Lipinski definition) is 2. The van der Waals surface area contributed by atoms with E-state index in [0.717, 1.165) is 24.9 Å². The predicted octanol–water partition coefficient (Wildman–Crippen LogP) is 3.27. The fourth-order valence-electron chi connectivity index (χ4n) is 3.87. The molecule has 2 fully saturated rings. The molecule has 0 aromatic heterocycles. The van der Waals surface area contributed by atoms with Gasteiger partial charge in [-0.15, -0.1) is 0 Å². The van der Waals surface area contributed by atoms with Gasteiger partial charge in [0.15, 0.2) is 0 Å². The summed E-state index contributed by atoms with van der Waals surface area (Å²) in [5, 5.41) is 3.21. The summed E-state index contributed by atoms with van der Waals surface area (Å²) in [6, 6.07) is 20.0. The van der Waals surface area contributed by atoms with Crippen LogP contribution < -0.4 is 5.32 Å². The van der Waals surface area contributed by atoms with Crippen LogP contribution in [0.25, 0.3) is 0 Å². The third kappa shape index (κ3) is 3.64. The highest BCUT2D eigenvalue weighted by Gasteiger charge is 2.44. The van der Waals surface area contributed by atoms with Gasteiger partial charge in [-0.1, -0.05) is 60.7 Å². The number of rotatable bonds is 6. The molecule has 3 atom stereocenters. The minimum absolute atomic E-state index is 0.0397. The van der Waals surface area contributed by atoms with Gasteiger partial charge in [-0.2, -0.15) is 0 Å². The first-order chi connectivity index (χ1) is 12.7. The lowest BCUT2D eigenvalue weighted by Gasteiger charge is -2.25. The molecule has 2 aromatic carbocycles. The SMILES string of the molecule is O=C(NC(CN1CCCC1=O)c1ccccc1)C1CC1c1ccccc1. The highest BCUT2D eigenvalue weighted by molar-refractivity contribution is 5.83. The van der Waals surface area contributed by atoms with Crippen molar-refractivity contribution in [2.45, 2.75) is 31.2 Å². The summed E-state index contributed by atoms with van der Waals surface area (Å²) in [6.07, 6.45) is 2.43. The standard InChI is InChI=1S/C22H24N2O2/c25-21-12-7-13-24(21)15-20(17-10-5-2-6-11-17)23-22(26)19-14-18(19)16-8-3-1-4-9-16/h1-6,8-11,18-20H,7,12-15H2,(H,23,26). The van der Waals surface area contributed by atoms with Crippen molar-refractivity contribution >= 4 is 11.8 Å². The number of carbonyl (C=O) groups excluding carboxylic acids is 2. The van der Waals surface area contributed by atoms with Crippen LogP contribution >= 0.6 is 0 Å². The van der Waals surface area contributed by atoms with Gasteiger partial charge in [-0.05, 0) is 29.9 Å². The van der Waals surface area contributed by atoms with Crippen LogP contribution in [0.2, 0.25) is 0 Å². The normalized spacial score (nSPS) is 22.9. The average molecular weight is 348 g/mol. The molecule has 2 aliphatic rings. The molecule has 1 saturated heterocycles. The molecule has 4 rings (SSSR count). The zero-order valence-corrected chi connectivity index (χ0v) is 14.8. The molecule has 0 spiro atoms. The van der Waals surface area contributed by atoms with Crippen molar-refractivity contribution in [3.63, 3.8) is 0 Å². The van der Waals surface area contributed by atoms with Gasteiger partial charge in [0.1, 0.15) is 0 Å². The molecular weight excluding hydrogens is 324 g/mol. The Morgan fingerprint density at radius 2 is 1.77 bits per heavy atom. The van der Waals surface area contributed by atoms with Crippen molar-refractivity contribution in [2.75, 3.05) is 13.1 Å². The van der Waals surface area contributed by atoms with E-state index in [0.29, 0.717) is 18.9 Å². The van der Waals surface area contributed by atoms with E-state index in [1.165, 1.54) is 5.56 Å². The van der Waals surface area contributed by atoms with Crippen LogP contribution in [0.4, 0.5) is 0 Å². The van der Waals surface area contributed by atoms with E-state index in [2.05, 4.69) is 17.4 Å². The van der Waals surface area contributed by atoms with E-state index >= 15 is 0 Å². The minimum atomic E-state index is -0.150. The first-order valence-electron chi connectivity index (χ1n) is 9.40. The fourth-order valence-corrected chi connectivity index (χ4v) is 3.87. The topological polar surface area (TPSA) is 49.4 Å². The molecule has 0 radical (unpaired) electrons. The smallest absolute Gasteiger partial charge is 0.224 e. The lowest BCUT2D eigenvalue weighted by molar-refractivity contribution is -0.129. The van der Waals surface area contributed by atoms with E-state index in [1.54, 1.807) is 0 Å². The molecule has 2 aromatic rings. The van der Waals surface area contributed by atoms with Crippen LogP contribution in [0.1, 0.15) is 42.3 Å². The number of hydrogen-bond donors (Lipinski definition) is 1. The quantitative estimate of drug-likeness (QED) is 0.871. The number of nitrogens with one attached hydrogen (secondary N) is 1. The summed E-state index contributed by atoms with van der Waals surface area (Å²) >= 11 is 0. The molecule has 1 saturated carbocycles. The van der Waals surface area contributed by atoms with Gasteiger partial charge in [0.25, 0.3) is 0 Å². The van der Waals surface area contributed by atoms with Gasteiger partial charge >= 0.3 is 0 Å². The number of amides is 2. The molecule has 0 bridgehead atoms. The maximum absolute atomic E-state index is 12.8. The largest absolute Gasteiger partial charge is 0.347 e. The summed E-state index contributed by atoms with van der Waals surface area (Å²) in [7, 11) is 0. The second-order valence-corrected chi connectivity index (χ2v) is 7.27. The third-order valence-electron chi connectivity index (χ3n) is 5.45. The second kappa shape index (κ2) is 7.32. The van der Waals surface area contributed by atoms with E-state index in [4.69, 9.17) is 0 Å². The number of likely N-dealkylation sites (tertiary alicyclic amines) is 1. The molecular formula is C22H24N2O2. The van der Waals surface area contributed by atoms with Crippen LogP contribution in [-0.2, 0) is 9.59 Å². The molecule has 4 heteroatoms. The Balaban J connectivity index is 1.45. The molecule has 1 N–H and O–H groups in total. The van der Waals surface area contributed by atoms with E-state index in [1.807, 2.05) is 53.4 Å². The van der Waals surface area contributed by atoms with Gasteiger partial charge in [0.2, 0.25) is 11.8 Å². The van der Waals surface area contributed by atoms with Crippen LogP contribution in [0.15, 0.2) is 60.7 Å². The van der Waals surface area contributed by atoms with Crippen molar-refractivity contribution in [1.82, 2.24) is 10.2 Å². The van der Waals surface area contributed by atoms with Crippen molar-refractivity contribution in [3.8, 4) is 0 Å². The highest BCUT2D eigenvalue weighted by atomic mass is 16.2. The van der Waals surface area contributed by atoms with Crippen molar-refractivity contribution < 1.29 is 9.59 Å². The monoisotopic (exact) mass is 348 g/mol. The molecule has 134 valence electrons. The Bertz CT molecular complexity index is 775. The van der Waals surface area contributed by atoms with E-state index < -0.39 is 0 Å². The molecule has 1 heterocycles. The molecule has 4 nitrogen and oxygen atoms in total. The summed E-state index contributed by atoms with van der Waals surface area (Å²) < 4.78 is 0. The lowest BCUT2D eigenvalue weighted by atomic mass is 10.1. The Hall–Kier alpha value is -2.62. The van der Waals surface area contributed by atoms with Gasteiger partial charge in [-0.3, -0.25) is 9.59 Å². The molecule has 1 aliphatic heterocycles. The second-order valence-electron chi connectivity index (χ2n) is 7.27. The zero-order valence-electron chi connectivity index (χ0n) is 14.8. The lowest BCUT2D eigenvalue weighted by Crippen LogP contribution is -2.39. The summed E-state index contributed by atoms with van der Waals surface area (Å²) in [5.41, 5.74) is 2.29. The predicted molar refractivity (Wildman–Crippen MR) is 100 cm³/mol. The Morgan fingerprint density at radius 3 is 2.42 bits per heavy atom. The zero-order chi connectivity index (χ0) is 17.9. The van der Waals surface area contributed by atoms with Crippen molar-refractivity contribution in [3.05, 3.63) is 71.8 Å². The van der Waals surface area contributed by atoms with Crippen molar-refractivity contribution in [1.29, 1.82) is 0 Å². The number of benzene rings is 2. The third-order valence-corrected chi connectivity index (χ3v) is 5.45. The Labute approximate surface area is 154 Å². The maximum atomic E-state index is 12.8. The van der Waals surface area contributed by atoms with Crippen LogP contribution in [0.3, 0.4) is 0 Å². The number of carbonyl (C=O) groups is 2. The first-order valence-corrected chi connectivity index (χ1v) is 9.40.